The third-order valence-electron chi connectivity index (χ3n) is 6.16. The van der Waals surface area contributed by atoms with E-state index in [1.54, 1.807) is 4.90 Å². The molecule has 0 radical (unpaired) electrons. The number of nitrogens with zero attached hydrogens (tertiary/aromatic N) is 2. The number of amides is 2. The molecule has 0 aromatic heterocycles. The van der Waals surface area contributed by atoms with Crippen LogP contribution in [0, 0.1) is 5.82 Å². The molecule has 1 heterocycles. The van der Waals surface area contributed by atoms with Gasteiger partial charge in [0.25, 0.3) is 0 Å². The first-order valence-corrected chi connectivity index (χ1v) is 12.6. The van der Waals surface area contributed by atoms with Crippen molar-refractivity contribution in [2.24, 2.45) is 0 Å². The Morgan fingerprint density at radius 3 is 2.42 bits per heavy atom. The van der Waals surface area contributed by atoms with Crippen LogP contribution < -0.4 is 5.32 Å². The molecule has 0 bridgehead atoms. The highest BCUT2D eigenvalue weighted by Crippen LogP contribution is 2.61. The molecule has 4 nitrogen and oxygen atoms in total. The smallest absolute Gasteiger partial charge is 0.317 e. The predicted molar refractivity (Wildman–Crippen MR) is 126 cm³/mol. The third kappa shape index (κ3) is 6.86. The maximum absolute atomic E-state index is 13.7. The average Bonchev–Trinajstić information content (AvgIpc) is 2.79. The molecule has 0 saturated carbocycles. The van der Waals surface area contributed by atoms with E-state index in [2.05, 4.69) is 24.1 Å². The standard InChI is InChI=1S/C24H31F4N3OS/c1-3-7-18(2)30-14-12-21(13-15-30)31(17-19-8-5-4-6-9-19)24(32)29-20-10-11-22(25)23(16-20)33(26,27)28/h4-6,8-11,16,18,21H,3,7,12-15,17H2,1-2H3,(H,29,32). The predicted octanol–water partition coefficient (Wildman–Crippen LogP) is 7.33. The van der Waals surface area contributed by atoms with Crippen molar-refractivity contribution in [3.8, 4) is 0 Å². The molecular formula is C24H31F4N3OS. The fourth-order valence-electron chi connectivity index (χ4n) is 4.34. The second kappa shape index (κ2) is 11.2. The minimum absolute atomic E-state index is 0.0385. The monoisotopic (exact) mass is 485 g/mol. The molecule has 1 aliphatic rings. The normalized spacial score (nSPS) is 16.9. The van der Waals surface area contributed by atoms with Crippen LogP contribution >= 0.6 is 11.2 Å². The molecule has 9 heteroatoms. The molecule has 1 aliphatic heterocycles. The lowest BCUT2D eigenvalue weighted by molar-refractivity contribution is 0.0989. The number of anilines is 1. The summed E-state index contributed by atoms with van der Waals surface area (Å²) in [6.45, 7) is 6.45. The highest BCUT2D eigenvalue weighted by molar-refractivity contribution is 8.20. The fraction of sp³-hybridized carbons (Fsp3) is 0.458. The van der Waals surface area contributed by atoms with Crippen LogP contribution in [0.15, 0.2) is 53.4 Å². The van der Waals surface area contributed by atoms with Gasteiger partial charge in [0.15, 0.2) is 0 Å². The van der Waals surface area contributed by atoms with Gasteiger partial charge in [-0.3, -0.25) is 0 Å². The highest BCUT2D eigenvalue weighted by Gasteiger charge is 2.31. The van der Waals surface area contributed by atoms with Crippen molar-refractivity contribution in [2.75, 3.05) is 18.4 Å². The summed E-state index contributed by atoms with van der Waals surface area (Å²) in [6, 6.07) is 12.1. The molecular weight excluding hydrogens is 454 g/mol. The van der Waals surface area contributed by atoms with Crippen molar-refractivity contribution in [1.82, 2.24) is 9.80 Å². The van der Waals surface area contributed by atoms with Crippen LogP contribution in [0.25, 0.3) is 0 Å². The molecule has 1 fully saturated rings. The minimum atomic E-state index is -5.75. The number of hydrogen-bond donors (Lipinski definition) is 1. The van der Waals surface area contributed by atoms with Gasteiger partial charge >= 0.3 is 6.03 Å². The highest BCUT2D eigenvalue weighted by atomic mass is 32.3. The first kappa shape index (κ1) is 25.4. The van der Waals surface area contributed by atoms with Crippen LogP contribution in [0.5, 0.6) is 0 Å². The number of urea groups is 1. The second-order valence-electron chi connectivity index (χ2n) is 8.50. The van der Waals surface area contributed by atoms with Crippen LogP contribution in [0.4, 0.5) is 26.5 Å². The Hall–Kier alpha value is -2.26. The van der Waals surface area contributed by atoms with Gasteiger partial charge in [-0.15, -0.1) is 11.7 Å². The van der Waals surface area contributed by atoms with Crippen molar-refractivity contribution in [1.29, 1.82) is 0 Å². The molecule has 2 aromatic carbocycles. The Morgan fingerprint density at radius 1 is 1.15 bits per heavy atom. The largest absolute Gasteiger partial charge is 0.322 e. The van der Waals surface area contributed by atoms with E-state index in [0.717, 1.165) is 56.5 Å². The summed E-state index contributed by atoms with van der Waals surface area (Å²) in [4.78, 5) is 16.0. The van der Waals surface area contributed by atoms with Crippen LogP contribution in [0.2, 0.25) is 0 Å². The fourth-order valence-corrected chi connectivity index (χ4v) is 4.89. The van der Waals surface area contributed by atoms with Crippen LogP contribution in [0.1, 0.15) is 45.1 Å². The summed E-state index contributed by atoms with van der Waals surface area (Å²) in [5.41, 5.74) is 0.877. The molecule has 2 amide bonds. The Kier molecular flexibility index (Phi) is 8.64. The number of likely N-dealkylation sites (tertiary alicyclic amines) is 1. The zero-order valence-electron chi connectivity index (χ0n) is 18.9. The lowest BCUT2D eigenvalue weighted by atomic mass is 10.00. The van der Waals surface area contributed by atoms with Crippen molar-refractivity contribution in [3.05, 3.63) is 59.9 Å². The van der Waals surface area contributed by atoms with Gasteiger partial charge in [-0.1, -0.05) is 43.7 Å². The summed E-state index contributed by atoms with van der Waals surface area (Å²) in [6.07, 6.45) is 3.81. The number of carbonyl (C=O) groups excluding carboxylic acids is 1. The summed E-state index contributed by atoms with van der Waals surface area (Å²) in [5.74, 6) is -1.33. The molecule has 0 aliphatic carbocycles. The van der Waals surface area contributed by atoms with E-state index in [1.165, 1.54) is 0 Å². The van der Waals surface area contributed by atoms with E-state index >= 15 is 0 Å². The molecule has 1 atom stereocenters. The lowest BCUT2D eigenvalue weighted by Gasteiger charge is -2.40. The zero-order chi connectivity index (χ0) is 24.0. The van der Waals surface area contributed by atoms with Crippen LogP contribution in [-0.4, -0.2) is 41.0 Å². The number of halogens is 4. The van der Waals surface area contributed by atoms with Gasteiger partial charge in [-0.25, -0.2) is 9.18 Å². The molecule has 1 N–H and O–H groups in total. The first-order valence-electron chi connectivity index (χ1n) is 11.3. The van der Waals surface area contributed by atoms with E-state index in [0.29, 0.717) is 18.7 Å². The number of hydrogen-bond acceptors (Lipinski definition) is 2. The van der Waals surface area contributed by atoms with Crippen molar-refractivity contribution >= 4 is 22.9 Å². The van der Waals surface area contributed by atoms with E-state index in [9.17, 15) is 20.8 Å². The molecule has 2 aromatic rings. The molecule has 1 unspecified atom stereocenters. The van der Waals surface area contributed by atoms with E-state index in [-0.39, 0.29) is 11.7 Å². The zero-order valence-corrected chi connectivity index (χ0v) is 19.8. The van der Waals surface area contributed by atoms with E-state index in [1.807, 2.05) is 30.3 Å². The molecule has 1 saturated heterocycles. The number of nitrogens with one attached hydrogen (secondary N) is 1. The summed E-state index contributed by atoms with van der Waals surface area (Å²) < 4.78 is 53.2. The summed E-state index contributed by atoms with van der Waals surface area (Å²) >= 11 is -5.75. The molecule has 182 valence electrons. The van der Waals surface area contributed by atoms with Gasteiger partial charge in [0.05, 0.1) is 0 Å². The summed E-state index contributed by atoms with van der Waals surface area (Å²) in [7, 11) is 0. The number of rotatable bonds is 8. The van der Waals surface area contributed by atoms with Crippen molar-refractivity contribution in [2.45, 2.75) is 63.1 Å². The van der Waals surface area contributed by atoms with Gasteiger partial charge in [0.1, 0.15) is 10.7 Å². The average molecular weight is 486 g/mol. The number of carbonyl (C=O) groups is 1. The quantitative estimate of drug-likeness (QED) is 0.397. The Bertz CT molecular complexity index is 918. The summed E-state index contributed by atoms with van der Waals surface area (Å²) in [5, 5.41) is 2.57. The van der Waals surface area contributed by atoms with Gasteiger partial charge in [-0.05, 0) is 49.9 Å². The van der Waals surface area contributed by atoms with E-state index < -0.39 is 27.9 Å². The van der Waals surface area contributed by atoms with Crippen molar-refractivity contribution in [3.63, 3.8) is 0 Å². The molecule has 33 heavy (non-hydrogen) atoms. The minimum Gasteiger partial charge on any atom is -0.317 e. The SMILES string of the molecule is CCCC(C)N1CCC(N(Cc2ccccc2)C(=O)Nc2ccc(F)c(S(F)(F)F)c2)CC1. The Morgan fingerprint density at radius 2 is 1.82 bits per heavy atom. The first-order chi connectivity index (χ1) is 15.7. The van der Waals surface area contributed by atoms with Gasteiger partial charge in [0.2, 0.25) is 11.2 Å². The van der Waals surface area contributed by atoms with Gasteiger partial charge in [0, 0.05) is 37.4 Å². The van der Waals surface area contributed by atoms with Crippen LogP contribution in [-0.2, 0) is 6.54 Å². The topological polar surface area (TPSA) is 35.6 Å². The van der Waals surface area contributed by atoms with Crippen LogP contribution in [0.3, 0.4) is 0 Å². The number of piperidine rings is 1. The Balaban J connectivity index is 1.76. The molecule has 3 rings (SSSR count). The van der Waals surface area contributed by atoms with E-state index in [4.69, 9.17) is 0 Å². The Labute approximate surface area is 195 Å². The maximum Gasteiger partial charge on any atom is 0.322 e. The number of benzene rings is 2. The van der Waals surface area contributed by atoms with Gasteiger partial charge in [-0.2, -0.15) is 0 Å². The third-order valence-corrected chi connectivity index (χ3v) is 6.97. The van der Waals surface area contributed by atoms with Crippen molar-refractivity contribution < 1.29 is 20.8 Å². The maximum atomic E-state index is 13.7. The van der Waals surface area contributed by atoms with Gasteiger partial charge < -0.3 is 15.1 Å². The second-order valence-corrected chi connectivity index (χ2v) is 9.75. The molecule has 0 spiro atoms. The lowest BCUT2D eigenvalue weighted by Crippen LogP contribution is -2.50.